The second-order valence-electron chi connectivity index (χ2n) is 8.13. The number of hydrogen-bond donors (Lipinski definition) is 3. The molecule has 0 radical (unpaired) electrons. The van der Waals surface area contributed by atoms with E-state index in [0.29, 0.717) is 11.7 Å². The fourth-order valence-corrected chi connectivity index (χ4v) is 3.57. The van der Waals surface area contributed by atoms with Crippen molar-refractivity contribution in [2.75, 3.05) is 26.2 Å². The van der Waals surface area contributed by atoms with Crippen LogP contribution in [-0.4, -0.2) is 43.4 Å². The van der Waals surface area contributed by atoms with Crippen molar-refractivity contribution in [2.24, 2.45) is 16.3 Å². The molecule has 1 saturated heterocycles. The number of guanidine groups is 1. The van der Waals surface area contributed by atoms with Gasteiger partial charge < -0.3 is 20.5 Å². The molecule has 5 nitrogen and oxygen atoms in total. The van der Waals surface area contributed by atoms with Gasteiger partial charge in [-0.15, -0.1) is 0 Å². The van der Waals surface area contributed by atoms with Crippen LogP contribution in [0.3, 0.4) is 0 Å². The maximum Gasteiger partial charge on any atom is 0.191 e. The summed E-state index contributed by atoms with van der Waals surface area (Å²) in [5.41, 5.74) is 1.25. The predicted octanol–water partition coefficient (Wildman–Crippen LogP) is 3.33. The Labute approximate surface area is 158 Å². The summed E-state index contributed by atoms with van der Waals surface area (Å²) in [5, 5.41) is 16.3. The zero-order valence-corrected chi connectivity index (χ0v) is 16.7. The van der Waals surface area contributed by atoms with E-state index in [9.17, 15) is 5.11 Å². The molecule has 1 aliphatic rings. The van der Waals surface area contributed by atoms with E-state index in [0.717, 1.165) is 50.6 Å². The molecule has 0 spiro atoms. The molecule has 2 rings (SSSR count). The van der Waals surface area contributed by atoms with Gasteiger partial charge in [0, 0.05) is 32.2 Å². The predicted molar refractivity (Wildman–Crippen MR) is 108 cm³/mol. The van der Waals surface area contributed by atoms with Crippen LogP contribution in [0.15, 0.2) is 29.3 Å². The molecule has 2 unspecified atom stereocenters. The molecule has 26 heavy (non-hydrogen) atoms. The van der Waals surface area contributed by atoms with Gasteiger partial charge in [0.05, 0.1) is 6.10 Å². The van der Waals surface area contributed by atoms with Crippen molar-refractivity contribution in [1.82, 2.24) is 10.6 Å². The standard InChI is InChI=1S/C21H35N3O2/c1-5-22-20(23-12-11-16-8-6-10-18(25)14-16)24-15-17-9-7-13-26-19(17)21(2,3)4/h6,8,10,14,17,19,25H,5,7,9,11-13,15H2,1-4H3,(H2,22,23,24). The van der Waals surface area contributed by atoms with Gasteiger partial charge in [0.1, 0.15) is 5.75 Å². The summed E-state index contributed by atoms with van der Waals surface area (Å²) < 4.78 is 6.06. The van der Waals surface area contributed by atoms with E-state index in [4.69, 9.17) is 9.73 Å². The van der Waals surface area contributed by atoms with Crippen LogP contribution in [0.1, 0.15) is 46.1 Å². The molecule has 1 heterocycles. The number of benzene rings is 1. The maximum absolute atomic E-state index is 9.56. The van der Waals surface area contributed by atoms with Crippen LogP contribution in [0.2, 0.25) is 0 Å². The van der Waals surface area contributed by atoms with Gasteiger partial charge in [-0.2, -0.15) is 0 Å². The number of phenols is 1. The van der Waals surface area contributed by atoms with Gasteiger partial charge in [0.2, 0.25) is 0 Å². The molecule has 0 aromatic heterocycles. The number of nitrogens with zero attached hydrogens (tertiary/aromatic N) is 1. The second-order valence-corrected chi connectivity index (χ2v) is 8.13. The van der Waals surface area contributed by atoms with Crippen molar-refractivity contribution in [3.8, 4) is 5.75 Å². The van der Waals surface area contributed by atoms with E-state index >= 15 is 0 Å². The van der Waals surface area contributed by atoms with E-state index < -0.39 is 0 Å². The van der Waals surface area contributed by atoms with Gasteiger partial charge in [0.15, 0.2) is 5.96 Å². The summed E-state index contributed by atoms with van der Waals surface area (Å²) in [7, 11) is 0. The van der Waals surface area contributed by atoms with Crippen molar-refractivity contribution in [2.45, 2.75) is 53.1 Å². The molecular weight excluding hydrogens is 326 g/mol. The maximum atomic E-state index is 9.56. The summed E-state index contributed by atoms with van der Waals surface area (Å²) in [4.78, 5) is 4.81. The van der Waals surface area contributed by atoms with E-state index in [1.54, 1.807) is 12.1 Å². The molecule has 5 heteroatoms. The van der Waals surface area contributed by atoms with Crippen LogP contribution < -0.4 is 10.6 Å². The second kappa shape index (κ2) is 9.81. The minimum Gasteiger partial charge on any atom is -0.508 e. The van der Waals surface area contributed by atoms with Gasteiger partial charge in [-0.25, -0.2) is 0 Å². The first kappa shape index (κ1) is 20.6. The number of ether oxygens (including phenoxy) is 1. The average molecular weight is 362 g/mol. The summed E-state index contributed by atoms with van der Waals surface area (Å²) in [5.74, 6) is 1.63. The molecular formula is C21H35N3O2. The van der Waals surface area contributed by atoms with E-state index in [-0.39, 0.29) is 11.5 Å². The smallest absolute Gasteiger partial charge is 0.191 e. The number of aromatic hydroxyl groups is 1. The van der Waals surface area contributed by atoms with Gasteiger partial charge in [-0.05, 0) is 49.3 Å². The zero-order chi connectivity index (χ0) is 19.0. The van der Waals surface area contributed by atoms with Crippen molar-refractivity contribution in [3.05, 3.63) is 29.8 Å². The van der Waals surface area contributed by atoms with Gasteiger partial charge in [0.25, 0.3) is 0 Å². The third kappa shape index (κ3) is 6.52. The molecule has 146 valence electrons. The SMILES string of the molecule is CCNC(=NCC1CCCOC1C(C)(C)C)NCCc1cccc(O)c1. The van der Waals surface area contributed by atoms with Crippen molar-refractivity contribution < 1.29 is 9.84 Å². The van der Waals surface area contributed by atoms with Crippen molar-refractivity contribution >= 4 is 5.96 Å². The average Bonchev–Trinajstić information content (AvgIpc) is 2.59. The van der Waals surface area contributed by atoms with Gasteiger partial charge in [-0.3, -0.25) is 4.99 Å². The first-order valence-electron chi connectivity index (χ1n) is 9.82. The Balaban J connectivity index is 1.90. The zero-order valence-electron chi connectivity index (χ0n) is 16.7. The van der Waals surface area contributed by atoms with Crippen LogP contribution in [0.25, 0.3) is 0 Å². The first-order chi connectivity index (χ1) is 12.4. The fraction of sp³-hybridized carbons (Fsp3) is 0.667. The number of rotatable bonds is 6. The van der Waals surface area contributed by atoms with E-state index in [1.165, 1.54) is 6.42 Å². The quantitative estimate of drug-likeness (QED) is 0.537. The lowest BCUT2D eigenvalue weighted by Crippen LogP contribution is -2.43. The molecule has 1 aromatic rings. The lowest BCUT2D eigenvalue weighted by atomic mass is 9.78. The van der Waals surface area contributed by atoms with Crippen LogP contribution >= 0.6 is 0 Å². The first-order valence-corrected chi connectivity index (χ1v) is 9.82. The molecule has 0 saturated carbocycles. The molecule has 0 amide bonds. The molecule has 1 fully saturated rings. The molecule has 0 aliphatic carbocycles. The van der Waals surface area contributed by atoms with Crippen molar-refractivity contribution in [1.29, 1.82) is 0 Å². The Kier molecular flexibility index (Phi) is 7.76. The summed E-state index contributed by atoms with van der Waals surface area (Å²) in [6, 6.07) is 7.40. The summed E-state index contributed by atoms with van der Waals surface area (Å²) in [6.45, 7) is 12.1. The van der Waals surface area contributed by atoms with Crippen LogP contribution in [0.5, 0.6) is 5.75 Å². The number of nitrogens with one attached hydrogen (secondary N) is 2. The molecule has 1 aromatic carbocycles. The Bertz CT molecular complexity index is 581. The van der Waals surface area contributed by atoms with Crippen LogP contribution in [-0.2, 0) is 11.2 Å². The highest BCUT2D eigenvalue weighted by Gasteiger charge is 2.35. The fourth-order valence-electron chi connectivity index (χ4n) is 3.57. The Hall–Kier alpha value is -1.75. The largest absolute Gasteiger partial charge is 0.508 e. The minimum atomic E-state index is 0.141. The summed E-state index contributed by atoms with van der Waals surface area (Å²) >= 11 is 0. The Morgan fingerprint density at radius 1 is 1.31 bits per heavy atom. The third-order valence-electron chi connectivity index (χ3n) is 4.74. The number of phenolic OH excluding ortho intramolecular Hbond substituents is 1. The highest BCUT2D eigenvalue weighted by molar-refractivity contribution is 5.79. The van der Waals surface area contributed by atoms with E-state index in [2.05, 4.69) is 38.3 Å². The molecule has 3 N–H and O–H groups in total. The number of hydrogen-bond acceptors (Lipinski definition) is 3. The topological polar surface area (TPSA) is 65.9 Å². The molecule has 1 aliphatic heterocycles. The van der Waals surface area contributed by atoms with E-state index in [1.807, 2.05) is 12.1 Å². The number of aliphatic imine (C=N–C) groups is 1. The van der Waals surface area contributed by atoms with Crippen LogP contribution in [0.4, 0.5) is 0 Å². The third-order valence-corrected chi connectivity index (χ3v) is 4.74. The Morgan fingerprint density at radius 2 is 2.12 bits per heavy atom. The monoisotopic (exact) mass is 361 g/mol. The van der Waals surface area contributed by atoms with Crippen molar-refractivity contribution in [3.63, 3.8) is 0 Å². The molecule has 2 atom stereocenters. The minimum absolute atomic E-state index is 0.141. The van der Waals surface area contributed by atoms with Gasteiger partial charge >= 0.3 is 0 Å². The lowest BCUT2D eigenvalue weighted by molar-refractivity contribution is -0.0823. The Morgan fingerprint density at radius 3 is 2.81 bits per heavy atom. The molecule has 0 bridgehead atoms. The van der Waals surface area contributed by atoms with Gasteiger partial charge in [-0.1, -0.05) is 32.9 Å². The van der Waals surface area contributed by atoms with Crippen LogP contribution in [0, 0.1) is 11.3 Å². The highest BCUT2D eigenvalue weighted by atomic mass is 16.5. The normalized spacial score (nSPS) is 21.5. The lowest BCUT2D eigenvalue weighted by Gasteiger charge is -2.39. The highest BCUT2D eigenvalue weighted by Crippen LogP contribution is 2.34. The summed E-state index contributed by atoms with van der Waals surface area (Å²) in [6.07, 6.45) is 3.40.